The van der Waals surface area contributed by atoms with Crippen LogP contribution in [0.2, 0.25) is 0 Å². The van der Waals surface area contributed by atoms with Gasteiger partial charge in [0.2, 0.25) is 0 Å². The first-order chi connectivity index (χ1) is 18.2. The summed E-state index contributed by atoms with van der Waals surface area (Å²) in [6.45, 7) is 14.4. The van der Waals surface area contributed by atoms with Gasteiger partial charge in [-0.3, -0.25) is 0 Å². The summed E-state index contributed by atoms with van der Waals surface area (Å²) in [5, 5.41) is 7.36. The van der Waals surface area contributed by atoms with Crippen molar-refractivity contribution in [3.63, 3.8) is 0 Å². The van der Waals surface area contributed by atoms with E-state index in [1.165, 1.54) is 32.3 Å². The Kier molecular flexibility index (Phi) is 5.79. The molecule has 0 aliphatic carbocycles. The number of hydrogen-bond acceptors (Lipinski definition) is 3. The quantitative estimate of drug-likeness (QED) is 0.143. The van der Waals surface area contributed by atoms with Crippen molar-refractivity contribution in [2.75, 3.05) is 0 Å². The molecule has 188 valence electrons. The molecule has 4 heteroatoms. The van der Waals surface area contributed by atoms with Gasteiger partial charge >= 0.3 is 7.12 Å². The van der Waals surface area contributed by atoms with E-state index in [0.29, 0.717) is 0 Å². The molecule has 2 heterocycles. The standard InChI is InChI=1S/C34H32BNO2/c1-7-8-17-29-22(2)30-27-15-11-9-13-25(27)26-14-10-12-16-28(26)31(30)32(36-29)23-18-20-24(21-19-23)35-37-33(3,4)34(5,6)38-35/h7-21H,1H2,2-6H3/b17-8-. The van der Waals surface area contributed by atoms with E-state index in [9.17, 15) is 0 Å². The number of aromatic nitrogens is 1. The van der Waals surface area contributed by atoms with E-state index in [1.54, 1.807) is 6.08 Å². The predicted molar refractivity (Wildman–Crippen MR) is 162 cm³/mol. The first kappa shape index (κ1) is 24.6. The molecule has 0 N–H and O–H groups in total. The second kappa shape index (κ2) is 8.94. The third-order valence-corrected chi connectivity index (χ3v) is 8.26. The van der Waals surface area contributed by atoms with Crippen LogP contribution >= 0.6 is 0 Å². The lowest BCUT2D eigenvalue weighted by Gasteiger charge is -2.32. The zero-order valence-electron chi connectivity index (χ0n) is 22.7. The Morgan fingerprint density at radius 3 is 1.82 bits per heavy atom. The molecule has 38 heavy (non-hydrogen) atoms. The molecular formula is C34H32BNO2. The van der Waals surface area contributed by atoms with Crippen LogP contribution in [0.5, 0.6) is 0 Å². The molecule has 0 saturated carbocycles. The zero-order chi connectivity index (χ0) is 26.7. The van der Waals surface area contributed by atoms with E-state index >= 15 is 0 Å². The largest absolute Gasteiger partial charge is 0.494 e. The highest BCUT2D eigenvalue weighted by Crippen LogP contribution is 2.42. The predicted octanol–water partition coefficient (Wildman–Crippen LogP) is 8.02. The van der Waals surface area contributed by atoms with E-state index in [2.05, 4.69) is 114 Å². The van der Waals surface area contributed by atoms with Crippen molar-refractivity contribution in [2.45, 2.75) is 45.8 Å². The summed E-state index contributed by atoms with van der Waals surface area (Å²) in [7, 11) is -0.396. The van der Waals surface area contributed by atoms with Crippen molar-refractivity contribution in [1.82, 2.24) is 4.98 Å². The molecule has 6 rings (SSSR count). The number of fused-ring (bicyclic) bond motifs is 6. The Balaban J connectivity index is 1.61. The normalized spacial score (nSPS) is 16.7. The molecule has 5 aromatic rings. The molecule has 1 aliphatic heterocycles. The average molecular weight is 497 g/mol. The molecule has 3 nitrogen and oxygen atoms in total. The SMILES string of the molecule is C=C/C=C\c1nc(-c2ccc(B3OC(C)(C)C(C)(C)O3)cc2)c2c3ccccc3c3ccccc3c2c1C. The summed E-state index contributed by atoms with van der Waals surface area (Å²) in [5.74, 6) is 0. The smallest absolute Gasteiger partial charge is 0.399 e. The Bertz CT molecular complexity index is 1730. The maximum absolute atomic E-state index is 6.29. The van der Waals surface area contributed by atoms with Gasteiger partial charge in [-0.05, 0) is 78.7 Å². The second-order valence-electron chi connectivity index (χ2n) is 11.1. The molecule has 0 spiro atoms. The highest BCUT2D eigenvalue weighted by Gasteiger charge is 2.51. The second-order valence-corrected chi connectivity index (χ2v) is 11.1. The average Bonchev–Trinajstić information content (AvgIpc) is 3.14. The van der Waals surface area contributed by atoms with Crippen molar-refractivity contribution in [3.8, 4) is 11.3 Å². The van der Waals surface area contributed by atoms with Crippen LogP contribution < -0.4 is 5.46 Å². The number of benzene rings is 4. The molecule has 0 amide bonds. The first-order valence-corrected chi connectivity index (χ1v) is 13.2. The lowest BCUT2D eigenvalue weighted by atomic mass is 9.78. The minimum atomic E-state index is -0.396. The van der Waals surface area contributed by atoms with Gasteiger partial charge in [-0.15, -0.1) is 0 Å². The van der Waals surface area contributed by atoms with Crippen molar-refractivity contribution in [2.24, 2.45) is 0 Å². The van der Waals surface area contributed by atoms with Crippen LogP contribution in [0.4, 0.5) is 0 Å². The molecule has 0 radical (unpaired) electrons. The van der Waals surface area contributed by atoms with E-state index in [1.807, 2.05) is 12.2 Å². The van der Waals surface area contributed by atoms with E-state index in [4.69, 9.17) is 14.3 Å². The summed E-state index contributed by atoms with van der Waals surface area (Å²) in [6.07, 6.45) is 5.80. The van der Waals surface area contributed by atoms with Gasteiger partial charge in [-0.1, -0.05) is 91.5 Å². The summed E-state index contributed by atoms with van der Waals surface area (Å²) < 4.78 is 12.6. The fraction of sp³-hybridized carbons (Fsp3) is 0.206. The zero-order valence-corrected chi connectivity index (χ0v) is 22.7. The van der Waals surface area contributed by atoms with Gasteiger partial charge in [0.15, 0.2) is 0 Å². The lowest BCUT2D eigenvalue weighted by molar-refractivity contribution is 0.00578. The van der Waals surface area contributed by atoms with Gasteiger partial charge in [0.25, 0.3) is 0 Å². The number of rotatable bonds is 4. The molecule has 0 atom stereocenters. The van der Waals surface area contributed by atoms with Crippen LogP contribution in [0, 0.1) is 6.92 Å². The van der Waals surface area contributed by atoms with Crippen LogP contribution in [0.1, 0.15) is 39.0 Å². The molecule has 1 aliphatic rings. The lowest BCUT2D eigenvalue weighted by Crippen LogP contribution is -2.41. The summed E-state index contributed by atoms with van der Waals surface area (Å²) >= 11 is 0. The molecular weight excluding hydrogens is 465 g/mol. The van der Waals surface area contributed by atoms with Crippen molar-refractivity contribution >= 4 is 51.0 Å². The van der Waals surface area contributed by atoms with E-state index < -0.39 is 7.12 Å². The van der Waals surface area contributed by atoms with E-state index in [0.717, 1.165) is 28.0 Å². The minimum Gasteiger partial charge on any atom is -0.399 e. The third-order valence-electron chi connectivity index (χ3n) is 8.26. The van der Waals surface area contributed by atoms with Gasteiger partial charge in [0.1, 0.15) is 0 Å². The van der Waals surface area contributed by atoms with Gasteiger partial charge in [-0.25, -0.2) is 4.98 Å². The number of allylic oxidation sites excluding steroid dienone is 2. The molecule has 1 fully saturated rings. The fourth-order valence-electron chi connectivity index (χ4n) is 5.47. The fourth-order valence-corrected chi connectivity index (χ4v) is 5.47. The van der Waals surface area contributed by atoms with Crippen LogP contribution in [0.15, 0.2) is 91.5 Å². The summed E-state index contributed by atoms with van der Waals surface area (Å²) in [4.78, 5) is 5.24. The van der Waals surface area contributed by atoms with Crippen molar-refractivity contribution in [3.05, 3.63) is 103 Å². The topological polar surface area (TPSA) is 31.4 Å². The molecule has 4 aromatic carbocycles. The Morgan fingerprint density at radius 1 is 0.737 bits per heavy atom. The Hall–Kier alpha value is -3.73. The highest BCUT2D eigenvalue weighted by molar-refractivity contribution is 6.62. The summed E-state index contributed by atoms with van der Waals surface area (Å²) in [5.41, 5.74) is 4.39. The van der Waals surface area contributed by atoms with Crippen molar-refractivity contribution < 1.29 is 9.31 Å². The maximum Gasteiger partial charge on any atom is 0.494 e. The molecule has 0 bridgehead atoms. The van der Waals surface area contributed by atoms with E-state index in [-0.39, 0.29) is 11.2 Å². The highest BCUT2D eigenvalue weighted by atomic mass is 16.7. The monoisotopic (exact) mass is 497 g/mol. The van der Waals surface area contributed by atoms with Crippen LogP contribution in [0.25, 0.3) is 49.7 Å². The molecule has 1 saturated heterocycles. The Labute approximate surface area is 225 Å². The van der Waals surface area contributed by atoms with Crippen LogP contribution in [-0.2, 0) is 9.31 Å². The number of nitrogens with zero attached hydrogens (tertiary/aromatic N) is 1. The first-order valence-electron chi connectivity index (χ1n) is 13.2. The van der Waals surface area contributed by atoms with Crippen molar-refractivity contribution in [1.29, 1.82) is 0 Å². The van der Waals surface area contributed by atoms with Gasteiger partial charge < -0.3 is 9.31 Å². The van der Waals surface area contributed by atoms with Crippen LogP contribution in [0.3, 0.4) is 0 Å². The minimum absolute atomic E-state index is 0.378. The van der Waals surface area contributed by atoms with Gasteiger partial charge in [0.05, 0.1) is 22.6 Å². The van der Waals surface area contributed by atoms with Gasteiger partial charge in [0, 0.05) is 10.9 Å². The molecule has 1 aromatic heterocycles. The Morgan fingerprint density at radius 2 is 1.26 bits per heavy atom. The third kappa shape index (κ3) is 3.79. The summed E-state index contributed by atoms with van der Waals surface area (Å²) in [6, 6.07) is 25.8. The maximum atomic E-state index is 6.29. The number of hydrogen-bond donors (Lipinski definition) is 0. The number of pyridine rings is 1. The molecule has 0 unspecified atom stereocenters. The number of aryl methyl sites for hydroxylation is 1. The van der Waals surface area contributed by atoms with Gasteiger partial charge in [-0.2, -0.15) is 0 Å². The van der Waals surface area contributed by atoms with Crippen LogP contribution in [-0.4, -0.2) is 23.3 Å².